The van der Waals surface area contributed by atoms with Crippen molar-refractivity contribution in [3.8, 4) is 0 Å². The van der Waals surface area contributed by atoms with Crippen molar-refractivity contribution in [1.82, 2.24) is 15.3 Å². The summed E-state index contributed by atoms with van der Waals surface area (Å²) in [6.45, 7) is 4.12. The van der Waals surface area contributed by atoms with Crippen molar-refractivity contribution < 1.29 is 4.74 Å². The molecule has 1 aromatic rings. The minimum atomic E-state index is -0.281. The van der Waals surface area contributed by atoms with E-state index in [1.807, 2.05) is 6.20 Å². The fourth-order valence-corrected chi connectivity index (χ4v) is 3.07. The van der Waals surface area contributed by atoms with E-state index in [-0.39, 0.29) is 5.60 Å². The molecular formula is C13H21N3O. The Bertz CT molecular complexity index is 413. The maximum atomic E-state index is 5.47. The highest BCUT2D eigenvalue weighted by molar-refractivity contribution is 5.17. The summed E-state index contributed by atoms with van der Waals surface area (Å²) in [5.74, 6) is 1.69. The highest BCUT2D eigenvalue weighted by atomic mass is 16.5. The van der Waals surface area contributed by atoms with Crippen LogP contribution >= 0.6 is 0 Å². The quantitative estimate of drug-likeness (QED) is 0.841. The van der Waals surface area contributed by atoms with Crippen LogP contribution in [0, 0.1) is 0 Å². The lowest BCUT2D eigenvalue weighted by molar-refractivity contribution is 0.0157. The van der Waals surface area contributed by atoms with Gasteiger partial charge in [-0.05, 0) is 33.1 Å². The smallest absolute Gasteiger partial charge is 0.111 e. The minimum Gasteiger partial charge on any atom is -0.373 e. The molecule has 3 rings (SSSR count). The van der Waals surface area contributed by atoms with Crippen molar-refractivity contribution in [3.63, 3.8) is 0 Å². The zero-order chi connectivity index (χ0) is 12.0. The number of rotatable bonds is 3. The van der Waals surface area contributed by atoms with Gasteiger partial charge in [-0.1, -0.05) is 0 Å². The molecule has 0 saturated carbocycles. The van der Waals surface area contributed by atoms with Gasteiger partial charge in [0.15, 0.2) is 0 Å². The maximum absolute atomic E-state index is 5.47. The number of nitrogens with one attached hydrogen (secondary N) is 2. The fraction of sp³-hybridized carbons (Fsp3) is 0.769. The van der Waals surface area contributed by atoms with Crippen LogP contribution in [0.15, 0.2) is 6.20 Å². The molecule has 2 saturated heterocycles. The Kier molecular flexibility index (Phi) is 2.52. The lowest BCUT2D eigenvalue weighted by Crippen LogP contribution is -2.23. The zero-order valence-electron chi connectivity index (χ0n) is 10.8. The first-order valence-corrected chi connectivity index (χ1v) is 6.47. The number of hydrogen-bond donors (Lipinski definition) is 2. The van der Waals surface area contributed by atoms with Crippen LogP contribution in [0.5, 0.6) is 0 Å². The summed E-state index contributed by atoms with van der Waals surface area (Å²) in [5.41, 5.74) is 0.786. The molecule has 2 aliphatic rings. The molecule has 2 fully saturated rings. The highest BCUT2D eigenvalue weighted by Crippen LogP contribution is 2.39. The normalized spacial score (nSPS) is 32.3. The Balaban J connectivity index is 1.81. The Hall–Kier alpha value is -0.870. The first kappa shape index (κ1) is 11.2. The summed E-state index contributed by atoms with van der Waals surface area (Å²) in [5, 5.41) is 3.65. The van der Waals surface area contributed by atoms with E-state index in [9.17, 15) is 0 Å². The van der Waals surface area contributed by atoms with Crippen LogP contribution in [0.4, 0.5) is 0 Å². The third-order valence-electron chi connectivity index (χ3n) is 4.41. The molecule has 2 N–H and O–H groups in total. The van der Waals surface area contributed by atoms with E-state index in [0.717, 1.165) is 11.5 Å². The Labute approximate surface area is 102 Å². The van der Waals surface area contributed by atoms with E-state index < -0.39 is 0 Å². The van der Waals surface area contributed by atoms with Crippen molar-refractivity contribution in [2.24, 2.45) is 0 Å². The van der Waals surface area contributed by atoms with Gasteiger partial charge < -0.3 is 15.0 Å². The van der Waals surface area contributed by atoms with Crippen molar-refractivity contribution in [2.75, 3.05) is 7.11 Å². The molecular weight excluding hydrogens is 214 g/mol. The van der Waals surface area contributed by atoms with Crippen molar-refractivity contribution >= 4 is 0 Å². The average Bonchev–Trinajstić information content (AvgIpc) is 3.03. The molecule has 0 radical (unpaired) electrons. The third kappa shape index (κ3) is 1.79. The van der Waals surface area contributed by atoms with E-state index in [1.54, 1.807) is 7.11 Å². The molecule has 2 aliphatic heterocycles. The standard InChI is InChI=1S/C13H21N3O/c1-13(2,17-3)11-7-14-12(16-11)9-6-8-4-5-10(9)15-8/h7-10,15H,4-6H2,1-3H3,(H,14,16). The Morgan fingerprint density at radius 3 is 2.82 bits per heavy atom. The minimum absolute atomic E-state index is 0.281. The largest absolute Gasteiger partial charge is 0.373 e. The fourth-order valence-electron chi connectivity index (χ4n) is 3.07. The number of ether oxygens (including phenoxy) is 1. The molecule has 94 valence electrons. The molecule has 0 aromatic carbocycles. The summed E-state index contributed by atoms with van der Waals surface area (Å²) in [4.78, 5) is 8.01. The second-order valence-corrected chi connectivity index (χ2v) is 5.79. The van der Waals surface area contributed by atoms with Crippen LogP contribution in [-0.2, 0) is 10.3 Å². The SMILES string of the molecule is COC(C)(C)c1cnc(C2CC3CCC2N3)[nH]1. The average molecular weight is 235 g/mol. The maximum Gasteiger partial charge on any atom is 0.111 e. The highest BCUT2D eigenvalue weighted by Gasteiger charge is 2.41. The van der Waals surface area contributed by atoms with Gasteiger partial charge in [0.05, 0.1) is 11.9 Å². The van der Waals surface area contributed by atoms with Crippen LogP contribution in [0.2, 0.25) is 0 Å². The van der Waals surface area contributed by atoms with Crippen LogP contribution in [0.3, 0.4) is 0 Å². The zero-order valence-corrected chi connectivity index (χ0v) is 10.8. The lowest BCUT2D eigenvalue weighted by Gasteiger charge is -2.21. The van der Waals surface area contributed by atoms with Gasteiger partial charge in [0.25, 0.3) is 0 Å². The summed E-state index contributed by atoms with van der Waals surface area (Å²) in [6, 6.07) is 1.35. The van der Waals surface area contributed by atoms with Gasteiger partial charge in [0, 0.05) is 25.1 Å². The van der Waals surface area contributed by atoms with Crippen molar-refractivity contribution in [1.29, 1.82) is 0 Å². The van der Waals surface area contributed by atoms with E-state index in [2.05, 4.69) is 29.1 Å². The number of aromatic amines is 1. The van der Waals surface area contributed by atoms with Crippen molar-refractivity contribution in [3.05, 3.63) is 17.7 Å². The predicted octanol–water partition coefficient (Wildman–Crippen LogP) is 1.90. The molecule has 0 amide bonds. The number of methoxy groups -OCH3 is 1. The molecule has 0 aliphatic carbocycles. The number of aromatic nitrogens is 2. The molecule has 0 spiro atoms. The first-order valence-electron chi connectivity index (χ1n) is 6.47. The molecule has 3 heterocycles. The van der Waals surface area contributed by atoms with Gasteiger partial charge in [-0.25, -0.2) is 4.98 Å². The number of fused-ring (bicyclic) bond motifs is 2. The molecule has 4 nitrogen and oxygen atoms in total. The van der Waals surface area contributed by atoms with Gasteiger partial charge in [-0.15, -0.1) is 0 Å². The summed E-state index contributed by atoms with van der Waals surface area (Å²) in [7, 11) is 1.74. The summed E-state index contributed by atoms with van der Waals surface area (Å²) >= 11 is 0. The van der Waals surface area contributed by atoms with Gasteiger partial charge in [0.1, 0.15) is 11.4 Å². The summed E-state index contributed by atoms with van der Waals surface area (Å²) in [6.07, 6.45) is 5.77. The van der Waals surface area contributed by atoms with Gasteiger partial charge in [-0.2, -0.15) is 0 Å². The second-order valence-electron chi connectivity index (χ2n) is 5.79. The van der Waals surface area contributed by atoms with E-state index in [1.165, 1.54) is 19.3 Å². The van der Waals surface area contributed by atoms with Crippen LogP contribution in [0.1, 0.15) is 50.5 Å². The van der Waals surface area contributed by atoms with E-state index in [4.69, 9.17) is 4.74 Å². The van der Waals surface area contributed by atoms with Gasteiger partial charge >= 0.3 is 0 Å². The van der Waals surface area contributed by atoms with Crippen LogP contribution < -0.4 is 5.32 Å². The van der Waals surface area contributed by atoms with Crippen LogP contribution in [-0.4, -0.2) is 29.2 Å². The molecule has 17 heavy (non-hydrogen) atoms. The lowest BCUT2D eigenvalue weighted by atomic mass is 9.89. The molecule has 1 aromatic heterocycles. The number of nitrogens with zero attached hydrogens (tertiary/aromatic N) is 1. The number of H-pyrrole nitrogens is 1. The van der Waals surface area contributed by atoms with Gasteiger partial charge in [0.2, 0.25) is 0 Å². The third-order valence-corrected chi connectivity index (χ3v) is 4.41. The number of hydrogen-bond acceptors (Lipinski definition) is 3. The van der Waals surface area contributed by atoms with Crippen LogP contribution in [0.25, 0.3) is 0 Å². The first-order chi connectivity index (χ1) is 8.10. The molecule has 3 unspecified atom stereocenters. The monoisotopic (exact) mass is 235 g/mol. The van der Waals surface area contributed by atoms with E-state index >= 15 is 0 Å². The predicted molar refractivity (Wildman–Crippen MR) is 65.9 cm³/mol. The van der Waals surface area contributed by atoms with Crippen molar-refractivity contribution in [2.45, 2.75) is 56.7 Å². The second kappa shape index (κ2) is 3.82. The molecule has 3 atom stereocenters. The van der Waals surface area contributed by atoms with E-state index in [0.29, 0.717) is 18.0 Å². The topological polar surface area (TPSA) is 49.9 Å². The Morgan fingerprint density at radius 2 is 2.24 bits per heavy atom. The number of imidazole rings is 1. The molecule has 4 heteroatoms. The molecule has 2 bridgehead atoms. The summed E-state index contributed by atoms with van der Waals surface area (Å²) < 4.78 is 5.47. The van der Waals surface area contributed by atoms with Gasteiger partial charge in [-0.3, -0.25) is 0 Å². The Morgan fingerprint density at radius 1 is 1.41 bits per heavy atom.